The highest BCUT2D eigenvalue weighted by atomic mass is 32.2. The summed E-state index contributed by atoms with van der Waals surface area (Å²) in [7, 11) is -2.14. The fourth-order valence-corrected chi connectivity index (χ4v) is 5.66. The van der Waals surface area contributed by atoms with Crippen molar-refractivity contribution in [2.45, 2.75) is 23.8 Å². The topological polar surface area (TPSA) is 89.4 Å². The summed E-state index contributed by atoms with van der Waals surface area (Å²) in [5, 5.41) is 3.29. The third-order valence-corrected chi connectivity index (χ3v) is 7.67. The lowest BCUT2D eigenvalue weighted by Crippen LogP contribution is -2.23. The second-order valence-electron chi connectivity index (χ2n) is 7.87. The van der Waals surface area contributed by atoms with Crippen molar-refractivity contribution in [1.29, 1.82) is 0 Å². The minimum absolute atomic E-state index is 0.153. The monoisotopic (exact) mass is 439 g/mol. The molecule has 0 bridgehead atoms. The van der Waals surface area contributed by atoms with Gasteiger partial charge in [0, 0.05) is 50.9 Å². The Morgan fingerprint density at radius 3 is 2.97 bits per heavy atom. The molecular formula is C22H25N5O3S. The Balaban J connectivity index is 1.58. The minimum Gasteiger partial charge on any atom is -0.380 e. The highest BCUT2D eigenvalue weighted by Gasteiger charge is 2.27. The van der Waals surface area contributed by atoms with E-state index < -0.39 is 10.0 Å². The van der Waals surface area contributed by atoms with Gasteiger partial charge in [-0.15, -0.1) is 0 Å². The normalized spacial score (nSPS) is 19.7. The van der Waals surface area contributed by atoms with Crippen molar-refractivity contribution in [2.75, 3.05) is 38.2 Å². The average Bonchev–Trinajstić information content (AvgIpc) is 3.45. The molecule has 1 unspecified atom stereocenters. The van der Waals surface area contributed by atoms with Gasteiger partial charge in [0.05, 0.1) is 29.0 Å². The maximum Gasteiger partial charge on any atom is 0.269 e. The van der Waals surface area contributed by atoms with E-state index in [2.05, 4.69) is 26.3 Å². The van der Waals surface area contributed by atoms with Crippen LogP contribution >= 0.6 is 0 Å². The van der Waals surface area contributed by atoms with E-state index in [4.69, 9.17) is 4.74 Å². The Labute approximate surface area is 181 Å². The molecule has 5 heterocycles. The standard InChI is InChI=1S/C22H25N5O3S/c1-30-18-6-10-26(14-18)17-11-19(13-24-12-17)31(28,29)27-15-20(16-4-8-23-9-5-16)22-21(27)3-2-7-25-22/h2-4,7,11-13,15,18,23H,5-6,8-10,14H2,1H3. The highest BCUT2D eigenvalue weighted by molar-refractivity contribution is 7.90. The summed E-state index contributed by atoms with van der Waals surface area (Å²) in [6, 6.07) is 5.26. The highest BCUT2D eigenvalue weighted by Crippen LogP contribution is 2.32. The van der Waals surface area contributed by atoms with Gasteiger partial charge in [-0.1, -0.05) is 6.08 Å². The van der Waals surface area contributed by atoms with Crippen molar-refractivity contribution in [3.8, 4) is 0 Å². The van der Waals surface area contributed by atoms with Crippen LogP contribution in [0.4, 0.5) is 5.69 Å². The molecule has 2 aliphatic heterocycles. The molecule has 162 valence electrons. The fourth-order valence-electron chi connectivity index (χ4n) is 4.32. The lowest BCUT2D eigenvalue weighted by Gasteiger charge is -2.18. The number of hydrogen-bond acceptors (Lipinski definition) is 7. The van der Waals surface area contributed by atoms with Gasteiger partial charge < -0.3 is 15.0 Å². The molecular weight excluding hydrogens is 414 g/mol. The van der Waals surface area contributed by atoms with E-state index >= 15 is 0 Å². The third kappa shape index (κ3) is 3.62. The van der Waals surface area contributed by atoms with Crippen LogP contribution in [0.25, 0.3) is 16.6 Å². The van der Waals surface area contributed by atoms with E-state index in [1.807, 2.05) is 0 Å². The molecule has 1 fully saturated rings. The van der Waals surface area contributed by atoms with Crippen LogP contribution in [-0.4, -0.2) is 61.8 Å². The van der Waals surface area contributed by atoms with Gasteiger partial charge in [0.15, 0.2) is 0 Å². The van der Waals surface area contributed by atoms with Crippen LogP contribution in [0.15, 0.2) is 54.0 Å². The predicted molar refractivity (Wildman–Crippen MR) is 120 cm³/mol. The first kappa shape index (κ1) is 20.2. The second kappa shape index (κ2) is 8.07. The third-order valence-electron chi connectivity index (χ3n) is 6.03. The van der Waals surface area contributed by atoms with Gasteiger partial charge in [-0.05, 0) is 43.2 Å². The van der Waals surface area contributed by atoms with E-state index in [1.54, 1.807) is 43.9 Å². The summed E-state index contributed by atoms with van der Waals surface area (Å²) in [5.41, 5.74) is 4.04. The Hall–Kier alpha value is -2.75. The van der Waals surface area contributed by atoms with Crippen molar-refractivity contribution in [2.24, 2.45) is 0 Å². The molecule has 0 radical (unpaired) electrons. The molecule has 3 aromatic rings. The largest absolute Gasteiger partial charge is 0.380 e. The van der Waals surface area contributed by atoms with Crippen LogP contribution in [0.1, 0.15) is 18.4 Å². The molecule has 31 heavy (non-hydrogen) atoms. The van der Waals surface area contributed by atoms with E-state index in [1.165, 1.54) is 10.2 Å². The molecule has 0 amide bonds. The lowest BCUT2D eigenvalue weighted by molar-refractivity contribution is 0.121. The molecule has 2 aliphatic rings. The SMILES string of the molecule is COC1CCN(c2cncc(S(=O)(=O)n3cc(C4=CCNCC4)c4ncccc43)c2)C1. The minimum atomic E-state index is -3.84. The van der Waals surface area contributed by atoms with Crippen molar-refractivity contribution in [1.82, 2.24) is 19.3 Å². The summed E-state index contributed by atoms with van der Waals surface area (Å²) in [4.78, 5) is 11.0. The molecule has 8 nitrogen and oxygen atoms in total. The van der Waals surface area contributed by atoms with Gasteiger partial charge in [-0.2, -0.15) is 0 Å². The van der Waals surface area contributed by atoms with Crippen molar-refractivity contribution in [3.63, 3.8) is 0 Å². The first-order valence-electron chi connectivity index (χ1n) is 10.4. The molecule has 0 aliphatic carbocycles. The zero-order valence-corrected chi connectivity index (χ0v) is 18.2. The van der Waals surface area contributed by atoms with Crippen LogP contribution in [0.3, 0.4) is 0 Å². The van der Waals surface area contributed by atoms with Crippen molar-refractivity contribution in [3.05, 3.63) is 54.6 Å². The number of ether oxygens (including phenoxy) is 1. The van der Waals surface area contributed by atoms with Crippen LogP contribution < -0.4 is 10.2 Å². The summed E-state index contributed by atoms with van der Waals surface area (Å²) in [6.45, 7) is 3.17. The number of pyridine rings is 2. The number of rotatable bonds is 5. The van der Waals surface area contributed by atoms with Crippen LogP contribution in [0.5, 0.6) is 0 Å². The fraction of sp³-hybridized carbons (Fsp3) is 0.364. The number of methoxy groups -OCH3 is 1. The summed E-state index contributed by atoms with van der Waals surface area (Å²) in [5.74, 6) is 0. The van der Waals surface area contributed by atoms with Crippen LogP contribution in [0, 0.1) is 0 Å². The molecule has 1 atom stereocenters. The second-order valence-corrected chi connectivity index (χ2v) is 9.68. The van der Waals surface area contributed by atoms with Gasteiger partial charge in [0.2, 0.25) is 0 Å². The Kier molecular flexibility index (Phi) is 5.25. The number of nitrogens with one attached hydrogen (secondary N) is 1. The zero-order valence-electron chi connectivity index (χ0n) is 17.4. The molecule has 9 heteroatoms. The van der Waals surface area contributed by atoms with E-state index in [9.17, 15) is 8.42 Å². The number of fused-ring (bicyclic) bond motifs is 1. The molecule has 0 saturated carbocycles. The number of hydrogen-bond donors (Lipinski definition) is 1. The van der Waals surface area contributed by atoms with Gasteiger partial charge in [0.25, 0.3) is 10.0 Å². The predicted octanol–water partition coefficient (Wildman–Crippen LogP) is 2.27. The summed E-state index contributed by atoms with van der Waals surface area (Å²) >= 11 is 0. The van der Waals surface area contributed by atoms with Crippen LogP contribution in [0.2, 0.25) is 0 Å². The number of anilines is 1. The summed E-state index contributed by atoms with van der Waals surface area (Å²) < 4.78 is 34.1. The first-order valence-corrected chi connectivity index (χ1v) is 11.9. The molecule has 0 spiro atoms. The van der Waals surface area contributed by atoms with E-state index in [0.717, 1.165) is 55.8 Å². The quantitative estimate of drug-likeness (QED) is 0.652. The molecule has 3 aromatic heterocycles. The maximum absolute atomic E-state index is 13.7. The number of nitrogens with zero attached hydrogens (tertiary/aromatic N) is 4. The Bertz CT molecular complexity index is 1250. The smallest absolute Gasteiger partial charge is 0.269 e. The van der Waals surface area contributed by atoms with Gasteiger partial charge >= 0.3 is 0 Å². The van der Waals surface area contributed by atoms with Crippen molar-refractivity contribution >= 4 is 32.3 Å². The van der Waals surface area contributed by atoms with E-state index in [-0.39, 0.29) is 11.0 Å². The van der Waals surface area contributed by atoms with Gasteiger partial charge in [0.1, 0.15) is 4.90 Å². The van der Waals surface area contributed by atoms with Crippen LogP contribution in [-0.2, 0) is 14.8 Å². The Morgan fingerprint density at radius 2 is 2.19 bits per heavy atom. The molecule has 5 rings (SSSR count). The maximum atomic E-state index is 13.7. The average molecular weight is 440 g/mol. The van der Waals surface area contributed by atoms with Gasteiger partial charge in [-0.3, -0.25) is 9.97 Å². The molecule has 0 aromatic carbocycles. The van der Waals surface area contributed by atoms with Crippen molar-refractivity contribution < 1.29 is 13.2 Å². The zero-order chi connectivity index (χ0) is 21.4. The first-order chi connectivity index (χ1) is 15.1. The molecule has 1 N–H and O–H groups in total. The molecule has 1 saturated heterocycles. The van der Waals surface area contributed by atoms with E-state index in [0.29, 0.717) is 11.0 Å². The lowest BCUT2D eigenvalue weighted by atomic mass is 10.0. The Morgan fingerprint density at radius 1 is 1.29 bits per heavy atom. The number of aromatic nitrogens is 3. The van der Waals surface area contributed by atoms with Gasteiger partial charge in [-0.25, -0.2) is 12.4 Å². The summed E-state index contributed by atoms with van der Waals surface area (Å²) in [6.07, 6.45) is 10.5.